The molecule has 0 bridgehead atoms. The first-order valence-electron chi connectivity index (χ1n) is 9.65. The van der Waals surface area contributed by atoms with E-state index in [0.29, 0.717) is 35.4 Å². The molecule has 1 amide bonds. The normalized spacial score (nSPS) is 10.8. The van der Waals surface area contributed by atoms with Gasteiger partial charge in [0.2, 0.25) is 0 Å². The Morgan fingerprint density at radius 1 is 0.929 bits per heavy atom. The van der Waals surface area contributed by atoms with E-state index in [4.69, 9.17) is 9.47 Å². The van der Waals surface area contributed by atoms with Gasteiger partial charge in [-0.25, -0.2) is 4.79 Å². The van der Waals surface area contributed by atoms with E-state index in [1.165, 1.54) is 5.56 Å². The van der Waals surface area contributed by atoms with E-state index in [-0.39, 0.29) is 18.5 Å². The van der Waals surface area contributed by atoms with Crippen molar-refractivity contribution in [3.05, 3.63) is 59.7 Å². The number of anilines is 1. The number of nitrogens with one attached hydrogen (secondary N) is 1. The van der Waals surface area contributed by atoms with Crippen molar-refractivity contribution >= 4 is 17.6 Å². The van der Waals surface area contributed by atoms with E-state index in [0.717, 1.165) is 6.42 Å². The predicted octanol–water partition coefficient (Wildman–Crippen LogP) is 5.03. The van der Waals surface area contributed by atoms with Crippen LogP contribution in [0.1, 0.15) is 56.0 Å². The average Bonchev–Trinajstić information content (AvgIpc) is 2.67. The minimum Gasteiger partial charge on any atom is -0.484 e. The zero-order valence-electron chi connectivity index (χ0n) is 17.0. The molecule has 0 unspecified atom stereocenters. The van der Waals surface area contributed by atoms with Crippen molar-refractivity contribution in [2.24, 2.45) is 5.92 Å². The fourth-order valence-electron chi connectivity index (χ4n) is 2.46. The van der Waals surface area contributed by atoms with Crippen molar-refractivity contribution in [3.8, 4) is 5.75 Å². The van der Waals surface area contributed by atoms with Crippen molar-refractivity contribution < 1.29 is 19.1 Å². The van der Waals surface area contributed by atoms with E-state index in [1.54, 1.807) is 24.3 Å². The van der Waals surface area contributed by atoms with E-state index < -0.39 is 0 Å². The number of esters is 1. The third-order valence-electron chi connectivity index (χ3n) is 4.25. The highest BCUT2D eigenvalue weighted by Crippen LogP contribution is 2.18. The molecule has 0 radical (unpaired) electrons. The summed E-state index contributed by atoms with van der Waals surface area (Å²) in [5.41, 5.74) is 2.28. The quantitative estimate of drug-likeness (QED) is 0.617. The van der Waals surface area contributed by atoms with Crippen molar-refractivity contribution in [3.63, 3.8) is 0 Å². The van der Waals surface area contributed by atoms with Crippen LogP contribution in [0.5, 0.6) is 5.75 Å². The van der Waals surface area contributed by atoms with Gasteiger partial charge in [-0.15, -0.1) is 0 Å². The molecule has 0 aliphatic heterocycles. The van der Waals surface area contributed by atoms with Crippen molar-refractivity contribution in [2.45, 2.75) is 40.0 Å². The standard InChI is InChI=1S/C23H29NO4/c1-16(2)13-14-27-23(26)19-5-9-20(10-6-19)24-22(25)15-28-21-11-7-18(8-12-21)17(3)4/h5-12,16-17H,13-15H2,1-4H3,(H,24,25). The Hall–Kier alpha value is -2.82. The third-order valence-corrected chi connectivity index (χ3v) is 4.25. The number of hydrogen-bond donors (Lipinski definition) is 1. The highest BCUT2D eigenvalue weighted by molar-refractivity contribution is 5.93. The summed E-state index contributed by atoms with van der Waals surface area (Å²) in [5.74, 6) is 0.972. The van der Waals surface area contributed by atoms with Gasteiger partial charge in [-0.05, 0) is 60.2 Å². The maximum Gasteiger partial charge on any atom is 0.338 e. The predicted molar refractivity (Wildman–Crippen MR) is 111 cm³/mol. The summed E-state index contributed by atoms with van der Waals surface area (Å²) in [6.07, 6.45) is 0.833. The lowest BCUT2D eigenvalue weighted by molar-refractivity contribution is -0.118. The molecule has 2 rings (SSSR count). The van der Waals surface area contributed by atoms with Crippen LogP contribution in [-0.2, 0) is 9.53 Å². The summed E-state index contributed by atoms with van der Waals surface area (Å²) in [5, 5.41) is 2.75. The Labute approximate surface area is 167 Å². The largest absolute Gasteiger partial charge is 0.484 e. The molecule has 0 saturated heterocycles. The van der Waals surface area contributed by atoms with E-state index in [1.807, 2.05) is 24.3 Å². The number of amides is 1. The van der Waals surface area contributed by atoms with Gasteiger partial charge in [0, 0.05) is 5.69 Å². The van der Waals surface area contributed by atoms with Crippen LogP contribution in [0.2, 0.25) is 0 Å². The highest BCUT2D eigenvalue weighted by atomic mass is 16.5. The van der Waals surface area contributed by atoms with Crippen molar-refractivity contribution in [2.75, 3.05) is 18.5 Å². The zero-order chi connectivity index (χ0) is 20.5. The summed E-state index contributed by atoms with van der Waals surface area (Å²) in [7, 11) is 0. The number of carbonyl (C=O) groups is 2. The Balaban J connectivity index is 1.79. The molecule has 1 N–H and O–H groups in total. The van der Waals surface area contributed by atoms with Gasteiger partial charge < -0.3 is 14.8 Å². The summed E-state index contributed by atoms with van der Waals surface area (Å²) in [6, 6.07) is 14.3. The fraction of sp³-hybridized carbons (Fsp3) is 0.391. The number of hydrogen-bond acceptors (Lipinski definition) is 4. The van der Waals surface area contributed by atoms with E-state index in [2.05, 4.69) is 33.0 Å². The second kappa shape index (κ2) is 10.5. The fourth-order valence-corrected chi connectivity index (χ4v) is 2.46. The first-order chi connectivity index (χ1) is 13.3. The lowest BCUT2D eigenvalue weighted by Gasteiger charge is -2.10. The third kappa shape index (κ3) is 7.06. The lowest BCUT2D eigenvalue weighted by Crippen LogP contribution is -2.20. The molecule has 0 fully saturated rings. The van der Waals surface area contributed by atoms with E-state index in [9.17, 15) is 9.59 Å². The van der Waals surface area contributed by atoms with Gasteiger partial charge in [0.1, 0.15) is 5.75 Å². The molecule has 5 heteroatoms. The summed E-state index contributed by atoms with van der Waals surface area (Å²) >= 11 is 0. The monoisotopic (exact) mass is 383 g/mol. The van der Waals surface area contributed by atoms with Crippen LogP contribution < -0.4 is 10.1 Å². The minimum atomic E-state index is -0.355. The maximum absolute atomic E-state index is 12.1. The second-order valence-corrected chi connectivity index (χ2v) is 7.46. The van der Waals surface area contributed by atoms with Gasteiger partial charge >= 0.3 is 5.97 Å². The number of carbonyl (C=O) groups excluding carboxylic acids is 2. The van der Waals surface area contributed by atoms with Gasteiger partial charge in [-0.3, -0.25) is 4.79 Å². The molecule has 0 aromatic heterocycles. The topological polar surface area (TPSA) is 64.6 Å². The maximum atomic E-state index is 12.1. The molecule has 150 valence electrons. The SMILES string of the molecule is CC(C)CCOC(=O)c1ccc(NC(=O)COc2ccc(C(C)C)cc2)cc1. The molecular weight excluding hydrogens is 354 g/mol. The molecule has 0 spiro atoms. The van der Waals surface area contributed by atoms with Crippen LogP contribution in [0.25, 0.3) is 0 Å². The van der Waals surface area contributed by atoms with Crippen LogP contribution in [0.4, 0.5) is 5.69 Å². The molecule has 2 aromatic rings. The number of ether oxygens (including phenoxy) is 2. The second-order valence-electron chi connectivity index (χ2n) is 7.46. The Bertz CT molecular complexity index is 764. The smallest absolute Gasteiger partial charge is 0.338 e. The summed E-state index contributed by atoms with van der Waals surface area (Å²) in [6.45, 7) is 8.73. The van der Waals surface area contributed by atoms with Crippen LogP contribution in [0.15, 0.2) is 48.5 Å². The Morgan fingerprint density at radius 2 is 1.57 bits per heavy atom. The Kier molecular flexibility index (Phi) is 8.05. The number of rotatable bonds is 9. The first kappa shape index (κ1) is 21.5. The average molecular weight is 383 g/mol. The van der Waals surface area contributed by atoms with Crippen LogP contribution in [-0.4, -0.2) is 25.1 Å². The Morgan fingerprint density at radius 3 is 2.14 bits per heavy atom. The minimum absolute atomic E-state index is 0.0833. The van der Waals surface area contributed by atoms with Gasteiger partial charge in [0.05, 0.1) is 12.2 Å². The molecule has 0 aliphatic carbocycles. The molecule has 0 saturated carbocycles. The molecular formula is C23H29NO4. The van der Waals surface area contributed by atoms with Crippen LogP contribution in [0.3, 0.4) is 0 Å². The summed E-state index contributed by atoms with van der Waals surface area (Å²) < 4.78 is 10.7. The van der Waals surface area contributed by atoms with E-state index >= 15 is 0 Å². The molecule has 28 heavy (non-hydrogen) atoms. The number of benzene rings is 2. The lowest BCUT2D eigenvalue weighted by atomic mass is 10.0. The highest BCUT2D eigenvalue weighted by Gasteiger charge is 2.09. The molecule has 5 nitrogen and oxygen atoms in total. The van der Waals surface area contributed by atoms with Crippen molar-refractivity contribution in [1.29, 1.82) is 0 Å². The molecule has 0 aliphatic rings. The zero-order valence-corrected chi connectivity index (χ0v) is 17.0. The molecule has 0 heterocycles. The summed E-state index contributed by atoms with van der Waals surface area (Å²) in [4.78, 5) is 24.0. The van der Waals surface area contributed by atoms with Gasteiger partial charge in [-0.2, -0.15) is 0 Å². The van der Waals surface area contributed by atoms with Gasteiger partial charge in [0.15, 0.2) is 6.61 Å². The van der Waals surface area contributed by atoms with Crippen LogP contribution >= 0.6 is 0 Å². The first-order valence-corrected chi connectivity index (χ1v) is 9.65. The molecule has 2 aromatic carbocycles. The molecule has 0 atom stereocenters. The van der Waals surface area contributed by atoms with Crippen LogP contribution in [0, 0.1) is 5.92 Å². The van der Waals surface area contributed by atoms with Crippen molar-refractivity contribution in [1.82, 2.24) is 0 Å². The van der Waals surface area contributed by atoms with Gasteiger partial charge in [0.25, 0.3) is 5.91 Å². The van der Waals surface area contributed by atoms with Gasteiger partial charge in [-0.1, -0.05) is 39.8 Å².